The van der Waals surface area contributed by atoms with E-state index in [1.165, 1.54) is 0 Å². The zero-order valence-electron chi connectivity index (χ0n) is 26.4. The van der Waals surface area contributed by atoms with Crippen LogP contribution in [0.15, 0.2) is 48.5 Å². The highest BCUT2D eigenvalue weighted by atomic mass is 16.6. The number of hydrogen-bond acceptors (Lipinski definition) is 4. The third kappa shape index (κ3) is 11.2. The monoisotopic (exact) mass is 565 g/mol. The summed E-state index contributed by atoms with van der Waals surface area (Å²) in [6.45, 7) is 16.2. The minimum absolute atomic E-state index is 0.166. The van der Waals surface area contributed by atoms with Crippen LogP contribution in [-0.4, -0.2) is 41.0 Å². The number of alkyl carbamates (subject to hydrolysis) is 1. The van der Waals surface area contributed by atoms with Crippen LogP contribution in [0.25, 0.3) is 0 Å². The number of hydrogen-bond donors (Lipinski definition) is 2. The predicted molar refractivity (Wildman–Crippen MR) is 165 cm³/mol. The highest BCUT2D eigenvalue weighted by Gasteiger charge is 2.38. The topological polar surface area (TPSA) is 87.7 Å². The summed E-state index contributed by atoms with van der Waals surface area (Å²) >= 11 is 0. The molecule has 0 saturated carbocycles. The molecule has 0 fully saturated rings. The Kier molecular flexibility index (Phi) is 13.4. The van der Waals surface area contributed by atoms with Gasteiger partial charge >= 0.3 is 6.09 Å². The molecule has 3 atom stereocenters. The molecule has 2 aromatic rings. The highest BCUT2D eigenvalue weighted by Crippen LogP contribution is 2.27. The molecule has 0 spiro atoms. The second-order valence-corrected chi connectivity index (χ2v) is 12.1. The van der Waals surface area contributed by atoms with E-state index in [2.05, 4.69) is 23.6 Å². The van der Waals surface area contributed by atoms with Crippen LogP contribution in [0.1, 0.15) is 102 Å². The second-order valence-electron chi connectivity index (χ2n) is 12.1. The van der Waals surface area contributed by atoms with Gasteiger partial charge < -0.3 is 20.3 Å². The van der Waals surface area contributed by atoms with E-state index in [4.69, 9.17) is 4.74 Å². The van der Waals surface area contributed by atoms with Crippen LogP contribution in [0, 0.1) is 19.8 Å². The minimum Gasteiger partial charge on any atom is -0.444 e. The summed E-state index contributed by atoms with van der Waals surface area (Å²) in [5.41, 5.74) is 3.07. The van der Waals surface area contributed by atoms with E-state index in [-0.39, 0.29) is 17.7 Å². The van der Waals surface area contributed by atoms with Crippen molar-refractivity contribution in [2.45, 2.75) is 112 Å². The number of rotatable bonds is 14. The average molecular weight is 566 g/mol. The van der Waals surface area contributed by atoms with Gasteiger partial charge in [-0.05, 0) is 58.1 Å². The van der Waals surface area contributed by atoms with Crippen LogP contribution in [0.3, 0.4) is 0 Å². The lowest BCUT2D eigenvalue weighted by Crippen LogP contribution is -2.55. The van der Waals surface area contributed by atoms with Crippen LogP contribution >= 0.6 is 0 Å². The summed E-state index contributed by atoms with van der Waals surface area (Å²) in [5.74, 6) is -0.691. The van der Waals surface area contributed by atoms with E-state index >= 15 is 0 Å². The van der Waals surface area contributed by atoms with Gasteiger partial charge in [0.1, 0.15) is 17.7 Å². The SMILES string of the molecule is CCCCCCN(C(=O)C(NC(=O)OC(C)(C)C)C(C)CC)C(C(=O)NCc1ccccc1)c1cc(C)cc(C)c1. The van der Waals surface area contributed by atoms with Crippen molar-refractivity contribution in [1.82, 2.24) is 15.5 Å². The molecule has 2 rings (SSSR count). The number of ether oxygens (including phenoxy) is 1. The Bertz CT molecular complexity index is 1110. The van der Waals surface area contributed by atoms with Crippen LogP contribution in [0.2, 0.25) is 0 Å². The molecule has 0 saturated heterocycles. The number of benzene rings is 2. The molecule has 7 nitrogen and oxygen atoms in total. The van der Waals surface area contributed by atoms with Crippen molar-refractivity contribution in [2.75, 3.05) is 6.54 Å². The third-order valence-corrected chi connectivity index (χ3v) is 7.12. The molecule has 0 aliphatic heterocycles. The van der Waals surface area contributed by atoms with Gasteiger partial charge in [0.2, 0.25) is 11.8 Å². The van der Waals surface area contributed by atoms with Gasteiger partial charge in [-0.1, -0.05) is 106 Å². The van der Waals surface area contributed by atoms with Crippen molar-refractivity contribution < 1.29 is 19.1 Å². The van der Waals surface area contributed by atoms with Crippen molar-refractivity contribution in [1.29, 1.82) is 0 Å². The molecule has 0 heterocycles. The maximum Gasteiger partial charge on any atom is 0.408 e. The Morgan fingerprint density at radius 3 is 2.12 bits per heavy atom. The zero-order valence-corrected chi connectivity index (χ0v) is 26.4. The summed E-state index contributed by atoms with van der Waals surface area (Å²) in [4.78, 5) is 43.0. The first kappa shape index (κ1) is 33.9. The summed E-state index contributed by atoms with van der Waals surface area (Å²) in [6, 6.07) is 14.1. The molecule has 0 radical (unpaired) electrons. The second kappa shape index (κ2) is 16.2. The van der Waals surface area contributed by atoms with Crippen LogP contribution in [0.5, 0.6) is 0 Å². The van der Waals surface area contributed by atoms with Crippen LogP contribution < -0.4 is 10.6 Å². The standard InChI is InChI=1S/C34H51N3O4/c1-9-11-12-16-19-37(32(39)29(26(5)10-2)36-33(40)41-34(6,7)8)30(28-21-24(3)20-25(4)22-28)31(38)35-23-27-17-14-13-15-18-27/h13-15,17-18,20-22,26,29-30H,9-12,16,19,23H2,1-8H3,(H,35,38)(H,36,40). The maximum absolute atomic E-state index is 14.4. The first-order chi connectivity index (χ1) is 19.4. The molecule has 2 aromatic carbocycles. The Morgan fingerprint density at radius 1 is 0.927 bits per heavy atom. The summed E-state index contributed by atoms with van der Waals surface area (Å²) in [6.07, 6.45) is 3.83. The molecule has 0 aliphatic carbocycles. The van der Waals surface area contributed by atoms with E-state index in [1.807, 2.05) is 70.2 Å². The molecule has 226 valence electrons. The normalized spacial score (nSPS) is 13.6. The maximum atomic E-state index is 14.4. The average Bonchev–Trinajstić information content (AvgIpc) is 2.90. The fraction of sp³-hybridized carbons (Fsp3) is 0.559. The van der Waals surface area contributed by atoms with E-state index in [0.717, 1.165) is 47.9 Å². The van der Waals surface area contributed by atoms with Gasteiger partial charge in [0.05, 0.1) is 0 Å². The first-order valence-electron chi connectivity index (χ1n) is 15.1. The van der Waals surface area contributed by atoms with Crippen LogP contribution in [0.4, 0.5) is 4.79 Å². The molecule has 3 unspecified atom stereocenters. The number of nitrogens with zero attached hydrogens (tertiary/aromatic N) is 1. The number of carbonyl (C=O) groups excluding carboxylic acids is 3. The Labute approximate surface area is 247 Å². The lowest BCUT2D eigenvalue weighted by Gasteiger charge is -2.36. The number of nitrogens with one attached hydrogen (secondary N) is 2. The van der Waals surface area contributed by atoms with Crippen LogP contribution in [-0.2, 0) is 20.9 Å². The molecule has 3 amide bonds. The van der Waals surface area contributed by atoms with E-state index < -0.39 is 23.8 Å². The fourth-order valence-electron chi connectivity index (χ4n) is 4.89. The molecule has 0 aromatic heterocycles. The minimum atomic E-state index is -0.849. The molecule has 2 N–H and O–H groups in total. The van der Waals surface area contributed by atoms with Gasteiger partial charge in [0.25, 0.3) is 0 Å². The quantitative estimate of drug-likeness (QED) is 0.241. The molecular weight excluding hydrogens is 514 g/mol. The molecule has 0 aliphatic rings. The number of amides is 3. The predicted octanol–water partition coefficient (Wildman–Crippen LogP) is 7.01. The van der Waals surface area contributed by atoms with Gasteiger partial charge in [-0.3, -0.25) is 9.59 Å². The number of carbonyl (C=O) groups is 3. The zero-order chi connectivity index (χ0) is 30.6. The van der Waals surface area contributed by atoms with Gasteiger partial charge in [0, 0.05) is 13.1 Å². The van der Waals surface area contributed by atoms with E-state index in [1.54, 1.807) is 25.7 Å². The molecule has 0 bridgehead atoms. The van der Waals surface area contributed by atoms with E-state index in [9.17, 15) is 14.4 Å². The summed E-state index contributed by atoms with van der Waals surface area (Å²) in [5, 5.41) is 5.93. The lowest BCUT2D eigenvalue weighted by atomic mass is 9.94. The van der Waals surface area contributed by atoms with Gasteiger partial charge in [0.15, 0.2) is 0 Å². The molecule has 41 heavy (non-hydrogen) atoms. The Hall–Kier alpha value is -3.35. The number of aryl methyl sites for hydroxylation is 2. The van der Waals surface area contributed by atoms with Gasteiger partial charge in [-0.15, -0.1) is 0 Å². The van der Waals surface area contributed by atoms with Gasteiger partial charge in [-0.2, -0.15) is 0 Å². The van der Waals surface area contributed by atoms with Crippen molar-refractivity contribution in [3.63, 3.8) is 0 Å². The van der Waals surface area contributed by atoms with Crippen molar-refractivity contribution in [3.8, 4) is 0 Å². The van der Waals surface area contributed by atoms with Crippen molar-refractivity contribution >= 4 is 17.9 Å². The highest BCUT2D eigenvalue weighted by molar-refractivity contribution is 5.92. The summed E-state index contributed by atoms with van der Waals surface area (Å²) < 4.78 is 5.52. The lowest BCUT2D eigenvalue weighted by molar-refractivity contribution is -0.143. The van der Waals surface area contributed by atoms with E-state index in [0.29, 0.717) is 19.5 Å². The third-order valence-electron chi connectivity index (χ3n) is 7.12. The fourth-order valence-corrected chi connectivity index (χ4v) is 4.89. The van der Waals surface area contributed by atoms with Crippen molar-refractivity contribution in [3.05, 3.63) is 70.8 Å². The Balaban J connectivity index is 2.54. The first-order valence-corrected chi connectivity index (χ1v) is 15.1. The van der Waals surface area contributed by atoms with Gasteiger partial charge in [-0.25, -0.2) is 4.79 Å². The summed E-state index contributed by atoms with van der Waals surface area (Å²) in [7, 11) is 0. The smallest absolute Gasteiger partial charge is 0.408 e. The largest absolute Gasteiger partial charge is 0.444 e. The molecular formula is C34H51N3O4. The van der Waals surface area contributed by atoms with Crippen molar-refractivity contribution in [2.24, 2.45) is 5.92 Å². The molecule has 7 heteroatoms. The Morgan fingerprint density at radius 2 is 1.56 bits per heavy atom. The number of unbranched alkanes of at least 4 members (excludes halogenated alkanes) is 3.